The predicted octanol–water partition coefficient (Wildman–Crippen LogP) is 5.71. The Bertz CT molecular complexity index is 1060. The van der Waals surface area contributed by atoms with Crippen molar-refractivity contribution < 1.29 is 14.1 Å². The molecule has 1 aliphatic rings. The number of nitrogens with zero attached hydrogens (tertiary/aromatic N) is 3. The summed E-state index contributed by atoms with van der Waals surface area (Å²) in [4.78, 5) is 17.8. The van der Waals surface area contributed by atoms with E-state index in [0.717, 1.165) is 54.1 Å². The van der Waals surface area contributed by atoms with E-state index in [2.05, 4.69) is 17.0 Å². The molecule has 3 aromatic rings. The molecular formula is C28H35N3O3. The van der Waals surface area contributed by atoms with E-state index in [-0.39, 0.29) is 5.91 Å². The number of aryl methyl sites for hydroxylation is 1. The molecule has 0 saturated carbocycles. The van der Waals surface area contributed by atoms with Gasteiger partial charge in [-0.2, -0.15) is 0 Å². The van der Waals surface area contributed by atoms with Gasteiger partial charge in [-0.1, -0.05) is 53.2 Å². The van der Waals surface area contributed by atoms with Crippen molar-refractivity contribution in [1.82, 2.24) is 10.1 Å². The van der Waals surface area contributed by atoms with Crippen LogP contribution in [0.2, 0.25) is 0 Å². The normalized spacial score (nSPS) is 16.0. The highest BCUT2D eigenvalue weighted by molar-refractivity contribution is 5.94. The van der Waals surface area contributed by atoms with Gasteiger partial charge >= 0.3 is 0 Å². The van der Waals surface area contributed by atoms with Gasteiger partial charge in [-0.05, 0) is 51.7 Å². The van der Waals surface area contributed by atoms with E-state index >= 15 is 0 Å². The van der Waals surface area contributed by atoms with Crippen molar-refractivity contribution in [3.05, 3.63) is 71.3 Å². The highest BCUT2D eigenvalue weighted by Gasteiger charge is 2.29. The van der Waals surface area contributed by atoms with Crippen LogP contribution in [-0.4, -0.2) is 48.8 Å². The summed E-state index contributed by atoms with van der Waals surface area (Å²) in [5.74, 6) is 0.799. The van der Waals surface area contributed by atoms with Crippen LogP contribution in [0.4, 0.5) is 5.88 Å². The van der Waals surface area contributed by atoms with Gasteiger partial charge in [-0.25, -0.2) is 0 Å². The summed E-state index contributed by atoms with van der Waals surface area (Å²) in [6.07, 6.45) is 4.24. The molecule has 1 amide bonds. The van der Waals surface area contributed by atoms with Crippen molar-refractivity contribution in [2.75, 3.05) is 31.7 Å². The second-order valence-electron chi connectivity index (χ2n) is 9.16. The maximum absolute atomic E-state index is 13.6. The number of hydrogen-bond donors (Lipinski definition) is 0. The molecule has 1 saturated heterocycles. The molecule has 34 heavy (non-hydrogen) atoms. The number of aromatic nitrogens is 1. The van der Waals surface area contributed by atoms with Crippen LogP contribution in [0.5, 0.6) is 0 Å². The third kappa shape index (κ3) is 5.50. The minimum atomic E-state index is 0.00829. The first kappa shape index (κ1) is 24.0. The van der Waals surface area contributed by atoms with E-state index in [1.54, 1.807) is 7.11 Å². The van der Waals surface area contributed by atoms with Gasteiger partial charge < -0.3 is 19.1 Å². The Hall–Kier alpha value is -3.12. The number of piperidine rings is 1. The lowest BCUT2D eigenvalue weighted by Gasteiger charge is -2.34. The molecule has 0 bridgehead atoms. The zero-order chi connectivity index (χ0) is 23.9. The summed E-state index contributed by atoms with van der Waals surface area (Å²) in [5, 5.41) is 4.51. The maximum Gasteiger partial charge on any atom is 0.254 e. The number of ether oxygens (including phenoxy) is 1. The predicted molar refractivity (Wildman–Crippen MR) is 135 cm³/mol. The molecule has 1 atom stereocenters. The number of methoxy groups -OCH3 is 1. The topological polar surface area (TPSA) is 58.8 Å². The Morgan fingerprint density at radius 2 is 1.91 bits per heavy atom. The molecule has 0 N–H and O–H groups in total. The maximum atomic E-state index is 13.6. The molecule has 1 fully saturated rings. The lowest BCUT2D eigenvalue weighted by molar-refractivity contribution is 0.0724. The van der Waals surface area contributed by atoms with Crippen LogP contribution in [0.1, 0.15) is 54.1 Å². The van der Waals surface area contributed by atoms with E-state index in [9.17, 15) is 4.79 Å². The van der Waals surface area contributed by atoms with E-state index in [0.29, 0.717) is 31.3 Å². The van der Waals surface area contributed by atoms with Crippen molar-refractivity contribution in [3.8, 4) is 11.3 Å². The molecule has 1 aromatic heterocycles. The Balaban J connectivity index is 1.71. The Morgan fingerprint density at radius 3 is 2.62 bits per heavy atom. The van der Waals surface area contributed by atoms with Gasteiger partial charge in [0.05, 0.1) is 12.1 Å². The number of amides is 1. The van der Waals surface area contributed by atoms with Gasteiger partial charge in [0.2, 0.25) is 5.88 Å². The zero-order valence-electron chi connectivity index (χ0n) is 20.5. The highest BCUT2D eigenvalue weighted by Crippen LogP contribution is 2.35. The van der Waals surface area contributed by atoms with Crippen molar-refractivity contribution in [1.29, 1.82) is 0 Å². The summed E-state index contributed by atoms with van der Waals surface area (Å²) in [6.45, 7) is 6.83. The molecule has 4 rings (SSSR count). The van der Waals surface area contributed by atoms with E-state index < -0.39 is 0 Å². The first-order valence-electron chi connectivity index (χ1n) is 12.2. The molecule has 2 aromatic carbocycles. The molecule has 1 aliphatic heterocycles. The fourth-order valence-electron chi connectivity index (χ4n) is 4.61. The van der Waals surface area contributed by atoms with E-state index in [1.165, 1.54) is 6.42 Å². The van der Waals surface area contributed by atoms with Gasteiger partial charge in [0.25, 0.3) is 5.91 Å². The minimum Gasteiger partial charge on any atom is -0.385 e. The van der Waals surface area contributed by atoms with Gasteiger partial charge in [0, 0.05) is 44.0 Å². The van der Waals surface area contributed by atoms with Crippen LogP contribution in [-0.2, 0) is 11.3 Å². The van der Waals surface area contributed by atoms with Crippen molar-refractivity contribution in [2.45, 2.75) is 52.1 Å². The number of carbonyl (C=O) groups is 1. The molecule has 2 heterocycles. The fourth-order valence-corrected chi connectivity index (χ4v) is 4.61. The largest absolute Gasteiger partial charge is 0.385 e. The SMILES string of the molecule is COCCCN(Cc1c(-c2ccccc2)noc1N1CCCC[C@@H]1C)C(=O)c1ccc(C)cc1. The average Bonchev–Trinajstić information content (AvgIpc) is 3.27. The Morgan fingerprint density at radius 1 is 1.15 bits per heavy atom. The lowest BCUT2D eigenvalue weighted by atomic mass is 10.0. The van der Waals surface area contributed by atoms with Crippen LogP contribution in [0.15, 0.2) is 59.1 Å². The zero-order valence-corrected chi connectivity index (χ0v) is 20.5. The third-order valence-electron chi connectivity index (χ3n) is 6.59. The Kier molecular flexibility index (Phi) is 8.01. The molecule has 0 spiro atoms. The second kappa shape index (κ2) is 11.3. The van der Waals surface area contributed by atoms with E-state index in [4.69, 9.17) is 9.26 Å². The van der Waals surface area contributed by atoms with Crippen LogP contribution >= 0.6 is 0 Å². The van der Waals surface area contributed by atoms with Gasteiger partial charge in [-0.3, -0.25) is 4.79 Å². The molecule has 6 heteroatoms. The van der Waals surface area contributed by atoms with Crippen molar-refractivity contribution in [2.24, 2.45) is 0 Å². The van der Waals surface area contributed by atoms with Gasteiger partial charge in [0.1, 0.15) is 5.69 Å². The lowest BCUT2D eigenvalue weighted by Crippen LogP contribution is -2.38. The summed E-state index contributed by atoms with van der Waals surface area (Å²) in [6, 6.07) is 18.2. The van der Waals surface area contributed by atoms with Gasteiger partial charge in [0.15, 0.2) is 0 Å². The van der Waals surface area contributed by atoms with Crippen molar-refractivity contribution >= 4 is 11.8 Å². The first-order valence-corrected chi connectivity index (χ1v) is 12.2. The second-order valence-corrected chi connectivity index (χ2v) is 9.16. The molecule has 180 valence electrons. The number of rotatable bonds is 9. The highest BCUT2D eigenvalue weighted by atomic mass is 16.5. The minimum absolute atomic E-state index is 0.00829. The number of hydrogen-bond acceptors (Lipinski definition) is 5. The summed E-state index contributed by atoms with van der Waals surface area (Å²) in [7, 11) is 1.69. The van der Waals surface area contributed by atoms with Crippen LogP contribution in [0.3, 0.4) is 0 Å². The molecule has 0 unspecified atom stereocenters. The Labute approximate surface area is 202 Å². The third-order valence-corrected chi connectivity index (χ3v) is 6.59. The summed E-state index contributed by atoms with van der Waals surface area (Å²) < 4.78 is 11.3. The average molecular weight is 462 g/mol. The molecule has 6 nitrogen and oxygen atoms in total. The van der Waals surface area contributed by atoms with Crippen LogP contribution in [0.25, 0.3) is 11.3 Å². The smallest absolute Gasteiger partial charge is 0.254 e. The van der Waals surface area contributed by atoms with Crippen LogP contribution in [0, 0.1) is 6.92 Å². The first-order chi connectivity index (χ1) is 16.6. The number of benzene rings is 2. The monoisotopic (exact) mass is 461 g/mol. The number of carbonyl (C=O) groups excluding carboxylic acids is 1. The van der Waals surface area contributed by atoms with Gasteiger partial charge in [-0.15, -0.1) is 0 Å². The fraction of sp³-hybridized carbons (Fsp3) is 0.429. The van der Waals surface area contributed by atoms with Crippen LogP contribution < -0.4 is 4.90 Å². The summed E-state index contributed by atoms with van der Waals surface area (Å²) >= 11 is 0. The summed E-state index contributed by atoms with van der Waals surface area (Å²) in [5.41, 5.74) is 4.60. The molecule has 0 radical (unpaired) electrons. The van der Waals surface area contributed by atoms with Crippen molar-refractivity contribution in [3.63, 3.8) is 0 Å². The molecular weight excluding hydrogens is 426 g/mol. The quantitative estimate of drug-likeness (QED) is 0.382. The van der Waals surface area contributed by atoms with E-state index in [1.807, 2.05) is 66.4 Å². The number of anilines is 1. The standard InChI is InChI=1S/C28H35N3O3/c1-21-13-15-24(16-14-21)27(32)30(17-9-19-33-3)20-25-26(23-11-5-4-6-12-23)29-34-28(25)31-18-8-7-10-22(31)2/h4-6,11-16,22H,7-10,17-20H2,1-3H3/t22-/m0/s1. The molecule has 0 aliphatic carbocycles.